The zero-order valence-electron chi connectivity index (χ0n) is 16.3. The first-order valence-corrected chi connectivity index (χ1v) is 9.81. The van der Waals surface area contributed by atoms with Crippen LogP contribution in [0.15, 0.2) is 59.7 Å². The van der Waals surface area contributed by atoms with Gasteiger partial charge in [-0.2, -0.15) is 5.10 Å². The Kier molecular flexibility index (Phi) is 7.77. The highest BCUT2D eigenvalue weighted by Gasteiger charge is 2.13. The van der Waals surface area contributed by atoms with E-state index in [2.05, 4.69) is 20.7 Å². The zero-order chi connectivity index (χ0) is 20.3. The molecule has 2 aromatic rings. The summed E-state index contributed by atoms with van der Waals surface area (Å²) in [6.45, 7) is 2.26. The number of hydrazone groups is 1. The topological polar surface area (TPSA) is 83.0 Å². The highest BCUT2D eigenvalue weighted by molar-refractivity contribution is 5.91. The van der Waals surface area contributed by atoms with Crippen LogP contribution in [0.1, 0.15) is 24.8 Å². The summed E-state index contributed by atoms with van der Waals surface area (Å²) >= 11 is 0. The molecule has 0 radical (unpaired) electrons. The summed E-state index contributed by atoms with van der Waals surface area (Å²) in [5.74, 6) is 0.255. The minimum Gasteiger partial charge on any atom is -0.484 e. The van der Waals surface area contributed by atoms with Crippen LogP contribution >= 0.6 is 0 Å². The fraction of sp³-hybridized carbons (Fsp3) is 0.318. The third-order valence-electron chi connectivity index (χ3n) is 4.53. The third-order valence-corrected chi connectivity index (χ3v) is 4.53. The van der Waals surface area contributed by atoms with E-state index < -0.39 is 0 Å². The highest BCUT2D eigenvalue weighted by atomic mass is 16.5. The fourth-order valence-corrected chi connectivity index (χ4v) is 3.05. The Balaban J connectivity index is 1.38. The molecule has 0 spiro atoms. The van der Waals surface area contributed by atoms with Gasteiger partial charge in [-0.1, -0.05) is 24.6 Å². The number of hydrogen-bond donors (Lipinski definition) is 2. The van der Waals surface area contributed by atoms with Crippen LogP contribution in [0.3, 0.4) is 0 Å². The molecule has 0 saturated carbocycles. The molecule has 1 aliphatic rings. The molecule has 0 unspecified atom stereocenters. The number of para-hydroxylation sites is 1. The number of ether oxygens (including phenoxy) is 1. The van der Waals surface area contributed by atoms with Gasteiger partial charge in [-0.15, -0.1) is 0 Å². The smallest absolute Gasteiger partial charge is 0.262 e. The maximum atomic E-state index is 11.9. The number of rotatable bonds is 8. The average Bonchev–Trinajstić information content (AvgIpc) is 2.75. The number of piperidine rings is 1. The summed E-state index contributed by atoms with van der Waals surface area (Å²) in [6.07, 6.45) is 5.13. The lowest BCUT2D eigenvalue weighted by molar-refractivity contribution is -0.122. The molecule has 152 valence electrons. The van der Waals surface area contributed by atoms with Crippen LogP contribution in [-0.4, -0.2) is 49.2 Å². The second-order valence-electron chi connectivity index (χ2n) is 6.90. The van der Waals surface area contributed by atoms with Crippen molar-refractivity contribution in [3.63, 3.8) is 0 Å². The van der Waals surface area contributed by atoms with Gasteiger partial charge >= 0.3 is 0 Å². The number of benzene rings is 2. The number of carbonyl (C=O) groups is 2. The molecule has 2 aromatic carbocycles. The Morgan fingerprint density at radius 2 is 1.69 bits per heavy atom. The monoisotopic (exact) mass is 394 g/mol. The van der Waals surface area contributed by atoms with E-state index in [1.165, 1.54) is 6.42 Å². The molecule has 29 heavy (non-hydrogen) atoms. The largest absolute Gasteiger partial charge is 0.484 e. The summed E-state index contributed by atoms with van der Waals surface area (Å²) in [6, 6.07) is 16.4. The third kappa shape index (κ3) is 7.38. The molecule has 0 aliphatic carbocycles. The van der Waals surface area contributed by atoms with Gasteiger partial charge < -0.3 is 10.1 Å². The van der Waals surface area contributed by atoms with Crippen molar-refractivity contribution in [2.45, 2.75) is 19.3 Å². The molecule has 0 atom stereocenters. The van der Waals surface area contributed by atoms with E-state index >= 15 is 0 Å². The highest BCUT2D eigenvalue weighted by Crippen LogP contribution is 2.12. The predicted octanol–water partition coefficient (Wildman–Crippen LogP) is 2.64. The summed E-state index contributed by atoms with van der Waals surface area (Å²) in [5, 5.41) is 6.76. The predicted molar refractivity (Wildman–Crippen MR) is 113 cm³/mol. The Hall–Kier alpha value is -3.19. The number of likely N-dealkylation sites (tertiary alicyclic amines) is 1. The summed E-state index contributed by atoms with van der Waals surface area (Å²) < 4.78 is 5.49. The van der Waals surface area contributed by atoms with Gasteiger partial charge in [0.25, 0.3) is 11.8 Å². The van der Waals surface area contributed by atoms with Crippen LogP contribution in [-0.2, 0) is 9.59 Å². The summed E-state index contributed by atoms with van der Waals surface area (Å²) in [4.78, 5) is 26.0. The molecule has 1 aliphatic heterocycles. The van der Waals surface area contributed by atoms with E-state index in [9.17, 15) is 9.59 Å². The van der Waals surface area contributed by atoms with Crippen molar-refractivity contribution in [3.8, 4) is 5.75 Å². The Morgan fingerprint density at radius 3 is 2.41 bits per heavy atom. The molecule has 0 aromatic heterocycles. The van der Waals surface area contributed by atoms with E-state index in [-0.39, 0.29) is 18.4 Å². The molecular weight excluding hydrogens is 368 g/mol. The van der Waals surface area contributed by atoms with Gasteiger partial charge in [0.05, 0.1) is 12.8 Å². The first-order valence-electron chi connectivity index (χ1n) is 9.81. The van der Waals surface area contributed by atoms with E-state index in [1.54, 1.807) is 18.3 Å². The fourth-order valence-electron chi connectivity index (χ4n) is 3.05. The molecule has 2 N–H and O–H groups in total. The van der Waals surface area contributed by atoms with Crippen LogP contribution in [0.2, 0.25) is 0 Å². The summed E-state index contributed by atoms with van der Waals surface area (Å²) in [7, 11) is 0. The van der Waals surface area contributed by atoms with Gasteiger partial charge in [-0.05, 0) is 67.9 Å². The lowest BCUT2D eigenvalue weighted by Crippen LogP contribution is -2.38. The molecule has 3 rings (SSSR count). The second-order valence-corrected chi connectivity index (χ2v) is 6.90. The molecule has 7 nitrogen and oxygen atoms in total. The SMILES string of the molecule is O=C(CN1CCCCC1)N/N=C\c1ccc(OCC(=O)Nc2ccccc2)cc1. The number of carbonyl (C=O) groups excluding carboxylic acids is 2. The van der Waals surface area contributed by atoms with Gasteiger partial charge in [0.1, 0.15) is 5.75 Å². The van der Waals surface area contributed by atoms with Crippen LogP contribution in [0.25, 0.3) is 0 Å². The van der Waals surface area contributed by atoms with Gasteiger partial charge in [0, 0.05) is 5.69 Å². The van der Waals surface area contributed by atoms with E-state index in [1.807, 2.05) is 42.5 Å². The Morgan fingerprint density at radius 1 is 0.966 bits per heavy atom. The van der Waals surface area contributed by atoms with Gasteiger partial charge in [-0.3, -0.25) is 14.5 Å². The average molecular weight is 394 g/mol. The molecule has 1 heterocycles. The maximum Gasteiger partial charge on any atom is 0.262 e. The molecule has 2 amide bonds. The minimum absolute atomic E-state index is 0.0745. The van der Waals surface area contributed by atoms with Crippen LogP contribution in [0.4, 0.5) is 5.69 Å². The van der Waals surface area contributed by atoms with Crippen molar-refractivity contribution in [3.05, 3.63) is 60.2 Å². The number of nitrogens with zero attached hydrogens (tertiary/aromatic N) is 2. The quantitative estimate of drug-likeness (QED) is 0.533. The molecule has 0 bridgehead atoms. The van der Waals surface area contributed by atoms with Gasteiger partial charge in [0.2, 0.25) is 0 Å². The molecular formula is C22H26N4O3. The maximum absolute atomic E-state index is 11.9. The van der Waals surface area contributed by atoms with Crippen molar-refractivity contribution in [1.82, 2.24) is 10.3 Å². The van der Waals surface area contributed by atoms with Crippen molar-refractivity contribution in [1.29, 1.82) is 0 Å². The number of hydrogen-bond acceptors (Lipinski definition) is 5. The van der Waals surface area contributed by atoms with E-state index in [4.69, 9.17) is 4.74 Å². The normalized spacial score (nSPS) is 14.5. The van der Waals surface area contributed by atoms with Crippen molar-refractivity contribution >= 4 is 23.7 Å². The van der Waals surface area contributed by atoms with Gasteiger partial charge in [0.15, 0.2) is 6.61 Å². The van der Waals surface area contributed by atoms with Crippen LogP contribution in [0.5, 0.6) is 5.75 Å². The van der Waals surface area contributed by atoms with Crippen molar-refractivity contribution in [2.24, 2.45) is 5.10 Å². The molecule has 1 saturated heterocycles. The number of anilines is 1. The van der Waals surface area contributed by atoms with Gasteiger partial charge in [-0.25, -0.2) is 5.43 Å². The zero-order valence-corrected chi connectivity index (χ0v) is 16.3. The second kappa shape index (κ2) is 11.0. The molecule has 1 fully saturated rings. The number of amides is 2. The lowest BCUT2D eigenvalue weighted by atomic mass is 10.1. The Bertz CT molecular complexity index is 816. The van der Waals surface area contributed by atoms with E-state index in [0.717, 1.165) is 37.2 Å². The van der Waals surface area contributed by atoms with Crippen molar-refractivity contribution < 1.29 is 14.3 Å². The number of nitrogens with one attached hydrogen (secondary N) is 2. The minimum atomic E-state index is -0.224. The lowest BCUT2D eigenvalue weighted by Gasteiger charge is -2.25. The van der Waals surface area contributed by atoms with Crippen LogP contribution < -0.4 is 15.5 Å². The first-order chi connectivity index (χ1) is 14.2. The first kappa shape index (κ1) is 20.5. The summed E-state index contributed by atoms with van der Waals surface area (Å²) in [5.41, 5.74) is 4.12. The standard InChI is InChI=1S/C22H26N4O3/c27-21(16-26-13-5-2-6-14-26)25-23-15-18-9-11-20(12-10-18)29-17-22(28)24-19-7-3-1-4-8-19/h1,3-4,7-12,15H,2,5-6,13-14,16-17H2,(H,24,28)(H,25,27)/b23-15-. The van der Waals surface area contributed by atoms with Crippen molar-refractivity contribution in [2.75, 3.05) is 31.6 Å². The van der Waals surface area contributed by atoms with E-state index in [0.29, 0.717) is 12.3 Å². The molecule has 7 heteroatoms. The Labute approximate surface area is 170 Å². The van der Waals surface area contributed by atoms with Crippen LogP contribution in [0, 0.1) is 0 Å².